The molecule has 7 nitrogen and oxygen atoms in total. The van der Waals surface area contributed by atoms with Gasteiger partial charge in [0.05, 0.1) is 5.69 Å². The van der Waals surface area contributed by atoms with E-state index in [9.17, 15) is 35.9 Å². The first-order valence-electron chi connectivity index (χ1n) is 11.0. The van der Waals surface area contributed by atoms with Gasteiger partial charge in [0.2, 0.25) is 5.91 Å². The molecule has 14 heteroatoms. The molecule has 2 amide bonds. The molecule has 0 fully saturated rings. The summed E-state index contributed by atoms with van der Waals surface area (Å²) in [6.07, 6.45) is -9.78. The molecule has 4 rings (SSSR count). The predicted molar refractivity (Wildman–Crippen MR) is 129 cm³/mol. The van der Waals surface area contributed by atoms with E-state index in [1.54, 1.807) is 31.2 Å². The van der Waals surface area contributed by atoms with Gasteiger partial charge in [-0.1, -0.05) is 29.8 Å². The monoisotopic (exact) mass is 555 g/mol. The van der Waals surface area contributed by atoms with E-state index in [4.69, 9.17) is 5.73 Å². The van der Waals surface area contributed by atoms with Gasteiger partial charge in [-0.25, -0.2) is 4.98 Å². The molecular formula is C24H19F6N5O2S. The van der Waals surface area contributed by atoms with Gasteiger partial charge in [0.1, 0.15) is 15.4 Å². The number of benzene rings is 1. The highest BCUT2D eigenvalue weighted by atomic mass is 32.1. The SMILES string of the molecule is Cc1ccc(-c2cc(C(F)(F)F)nc3sc(C(N)=O)c(NC(=O)CCn4nc(C(F)(F)F)cc4C)c23)cc1. The molecule has 1 aromatic carbocycles. The topological polar surface area (TPSA) is 103 Å². The zero-order valence-corrected chi connectivity index (χ0v) is 20.6. The summed E-state index contributed by atoms with van der Waals surface area (Å²) in [4.78, 5) is 28.3. The summed E-state index contributed by atoms with van der Waals surface area (Å²) >= 11 is 0.596. The number of hydrogen-bond donors (Lipinski definition) is 2. The number of carbonyl (C=O) groups excluding carboxylic acids is 2. The first-order chi connectivity index (χ1) is 17.6. The molecule has 0 aliphatic heterocycles. The fourth-order valence-electron chi connectivity index (χ4n) is 3.78. The lowest BCUT2D eigenvalue weighted by atomic mass is 10.00. The van der Waals surface area contributed by atoms with Crippen LogP contribution in [0.15, 0.2) is 36.4 Å². The van der Waals surface area contributed by atoms with Crippen LogP contribution in [0.1, 0.15) is 38.7 Å². The third kappa shape index (κ3) is 5.49. The minimum atomic E-state index is -4.79. The Bertz CT molecular complexity index is 1540. The van der Waals surface area contributed by atoms with Crippen molar-refractivity contribution in [1.29, 1.82) is 0 Å². The summed E-state index contributed by atoms with van der Waals surface area (Å²) in [6.45, 7) is 2.98. The number of aryl methyl sites for hydroxylation is 3. The average molecular weight is 556 g/mol. The minimum Gasteiger partial charge on any atom is -0.365 e. The average Bonchev–Trinajstić information content (AvgIpc) is 3.37. The molecule has 3 heterocycles. The maximum Gasteiger partial charge on any atom is 0.435 e. The first-order valence-corrected chi connectivity index (χ1v) is 11.8. The molecule has 3 aromatic heterocycles. The van der Waals surface area contributed by atoms with Crippen LogP contribution in [0.2, 0.25) is 0 Å². The van der Waals surface area contributed by atoms with E-state index in [0.29, 0.717) is 16.9 Å². The van der Waals surface area contributed by atoms with E-state index < -0.39 is 35.6 Å². The van der Waals surface area contributed by atoms with E-state index >= 15 is 0 Å². The van der Waals surface area contributed by atoms with Crippen molar-refractivity contribution in [2.45, 2.75) is 39.2 Å². The summed E-state index contributed by atoms with van der Waals surface area (Å²) in [5.74, 6) is -1.71. The molecule has 200 valence electrons. The first kappa shape index (κ1) is 27.1. The number of primary amides is 1. The number of halogens is 6. The lowest BCUT2D eigenvalue weighted by Crippen LogP contribution is -2.19. The summed E-state index contributed by atoms with van der Waals surface area (Å²) in [6, 6.07) is 8.23. The number of aromatic nitrogens is 3. The molecule has 0 radical (unpaired) electrons. The number of thiophene rings is 1. The number of nitrogens with two attached hydrogens (primary N) is 1. The number of nitrogens with zero attached hydrogens (tertiary/aromatic N) is 3. The lowest BCUT2D eigenvalue weighted by molar-refractivity contribution is -0.142. The lowest BCUT2D eigenvalue weighted by Gasteiger charge is -2.13. The summed E-state index contributed by atoms with van der Waals surface area (Å²) in [5, 5.41) is 6.06. The van der Waals surface area contributed by atoms with Crippen LogP contribution in [0.25, 0.3) is 21.3 Å². The highest BCUT2D eigenvalue weighted by Gasteiger charge is 2.36. The number of amides is 2. The van der Waals surface area contributed by atoms with Crippen LogP contribution in [-0.2, 0) is 23.7 Å². The highest BCUT2D eigenvalue weighted by Crippen LogP contribution is 2.43. The van der Waals surface area contributed by atoms with Crippen LogP contribution < -0.4 is 11.1 Å². The fraction of sp³-hybridized carbons (Fsp3) is 0.250. The van der Waals surface area contributed by atoms with Crippen LogP contribution in [0, 0.1) is 13.8 Å². The fourth-order valence-corrected chi connectivity index (χ4v) is 4.79. The van der Waals surface area contributed by atoms with E-state index in [2.05, 4.69) is 15.4 Å². The normalized spacial score (nSPS) is 12.2. The molecule has 0 bridgehead atoms. The Kier molecular flexibility index (Phi) is 6.95. The van der Waals surface area contributed by atoms with Gasteiger partial charge in [0.25, 0.3) is 5.91 Å². The molecular weight excluding hydrogens is 536 g/mol. The van der Waals surface area contributed by atoms with E-state index in [0.717, 1.165) is 22.4 Å². The van der Waals surface area contributed by atoms with Gasteiger partial charge >= 0.3 is 12.4 Å². The molecule has 0 saturated heterocycles. The molecule has 38 heavy (non-hydrogen) atoms. The Balaban J connectivity index is 1.75. The van der Waals surface area contributed by atoms with Crippen molar-refractivity contribution in [2.75, 3.05) is 5.32 Å². The Labute approximate surface area is 215 Å². The maximum atomic E-state index is 13.6. The van der Waals surface area contributed by atoms with Crippen molar-refractivity contribution in [2.24, 2.45) is 5.73 Å². The zero-order chi connectivity index (χ0) is 28.0. The maximum absolute atomic E-state index is 13.6. The largest absolute Gasteiger partial charge is 0.435 e. The Morgan fingerprint density at radius 1 is 1.00 bits per heavy atom. The van der Waals surface area contributed by atoms with Crippen molar-refractivity contribution in [3.63, 3.8) is 0 Å². The summed E-state index contributed by atoms with van der Waals surface area (Å²) in [7, 11) is 0. The minimum absolute atomic E-state index is 0.0686. The molecule has 0 aliphatic carbocycles. The van der Waals surface area contributed by atoms with Crippen LogP contribution in [0.4, 0.5) is 32.0 Å². The van der Waals surface area contributed by atoms with Gasteiger partial charge in [-0.3, -0.25) is 14.3 Å². The number of pyridine rings is 1. The van der Waals surface area contributed by atoms with E-state index in [1.807, 2.05) is 0 Å². The van der Waals surface area contributed by atoms with Crippen LogP contribution >= 0.6 is 11.3 Å². The smallest absolute Gasteiger partial charge is 0.365 e. The molecule has 0 unspecified atom stereocenters. The van der Waals surface area contributed by atoms with Crippen molar-refractivity contribution < 1.29 is 35.9 Å². The van der Waals surface area contributed by atoms with Crippen molar-refractivity contribution in [3.8, 4) is 11.1 Å². The standard InChI is InChI=1S/C24H19F6N5O2S/c1-11-3-5-13(6-4-11)14-10-15(23(25,26)27)32-22-18(14)19(20(38-22)21(31)37)33-17(36)7-8-35-12(2)9-16(34-35)24(28,29)30/h3-6,9-10H,7-8H2,1-2H3,(H2,31,37)(H,33,36). The summed E-state index contributed by atoms with van der Waals surface area (Å²) in [5.41, 5.74) is 4.53. The molecule has 3 N–H and O–H groups in total. The number of rotatable bonds is 6. The molecule has 4 aromatic rings. The van der Waals surface area contributed by atoms with E-state index in [1.165, 1.54) is 6.92 Å². The second-order valence-corrected chi connectivity index (χ2v) is 9.46. The number of hydrogen-bond acceptors (Lipinski definition) is 5. The summed E-state index contributed by atoms with van der Waals surface area (Å²) < 4.78 is 80.7. The predicted octanol–water partition coefficient (Wildman–Crippen LogP) is 5.94. The molecule has 0 spiro atoms. The Hall–Kier alpha value is -3.94. The molecule has 0 atom stereocenters. The number of fused-ring (bicyclic) bond motifs is 1. The Morgan fingerprint density at radius 2 is 1.63 bits per heavy atom. The van der Waals surface area contributed by atoms with Gasteiger partial charge in [-0.05, 0) is 37.1 Å². The van der Waals surface area contributed by atoms with Crippen LogP contribution in [0.3, 0.4) is 0 Å². The van der Waals surface area contributed by atoms with Crippen molar-refractivity contribution in [3.05, 3.63) is 63.9 Å². The number of anilines is 1. The van der Waals surface area contributed by atoms with Gasteiger partial charge in [-0.2, -0.15) is 31.4 Å². The molecule has 0 saturated carbocycles. The third-order valence-electron chi connectivity index (χ3n) is 5.63. The number of nitrogens with one attached hydrogen (secondary N) is 1. The van der Waals surface area contributed by atoms with Gasteiger partial charge in [-0.15, -0.1) is 11.3 Å². The zero-order valence-electron chi connectivity index (χ0n) is 19.8. The second-order valence-electron chi connectivity index (χ2n) is 8.46. The van der Waals surface area contributed by atoms with Crippen LogP contribution in [0.5, 0.6) is 0 Å². The van der Waals surface area contributed by atoms with Gasteiger partial charge in [0.15, 0.2) is 5.69 Å². The van der Waals surface area contributed by atoms with Gasteiger partial charge in [0, 0.05) is 24.0 Å². The highest BCUT2D eigenvalue weighted by molar-refractivity contribution is 7.21. The van der Waals surface area contributed by atoms with Crippen molar-refractivity contribution >= 4 is 39.1 Å². The Morgan fingerprint density at radius 3 is 2.18 bits per heavy atom. The van der Waals surface area contributed by atoms with Crippen molar-refractivity contribution in [1.82, 2.24) is 14.8 Å². The second kappa shape index (κ2) is 9.74. The number of alkyl halides is 6. The van der Waals surface area contributed by atoms with Crippen LogP contribution in [-0.4, -0.2) is 26.6 Å². The third-order valence-corrected chi connectivity index (χ3v) is 6.72. The van der Waals surface area contributed by atoms with E-state index in [-0.39, 0.29) is 45.0 Å². The number of carbonyl (C=O) groups is 2. The quantitative estimate of drug-likeness (QED) is 0.288. The van der Waals surface area contributed by atoms with Gasteiger partial charge < -0.3 is 11.1 Å². The molecule has 0 aliphatic rings.